The van der Waals surface area contributed by atoms with Crippen LogP contribution in [0.2, 0.25) is 0 Å². The second-order valence-corrected chi connectivity index (χ2v) is 6.54. The summed E-state index contributed by atoms with van der Waals surface area (Å²) >= 11 is 0. The maximum atomic E-state index is 2.32. The van der Waals surface area contributed by atoms with E-state index < -0.39 is 0 Å². The molecule has 0 unspecified atom stereocenters. The molecule has 0 aliphatic heterocycles. The molecule has 4 aromatic rings. The van der Waals surface area contributed by atoms with Crippen molar-refractivity contribution < 1.29 is 0 Å². The first-order valence-corrected chi connectivity index (χ1v) is 8.63. The largest absolute Gasteiger partial charge is 0.310 e. The number of fused-ring (bicyclic) bond motifs is 1. The minimum Gasteiger partial charge on any atom is -0.310 e. The minimum absolute atomic E-state index is 1.17. The highest BCUT2D eigenvalue weighted by atomic mass is 15.1. The van der Waals surface area contributed by atoms with Gasteiger partial charge in [0.1, 0.15) is 0 Å². The molecule has 4 rings (SSSR count). The molecule has 1 nitrogen and oxygen atoms in total. The molecule has 0 heterocycles. The van der Waals surface area contributed by atoms with E-state index in [-0.39, 0.29) is 0 Å². The number of hydrogen-bond acceptors (Lipinski definition) is 1. The summed E-state index contributed by atoms with van der Waals surface area (Å²) in [6.45, 7) is 4.26. The topological polar surface area (TPSA) is 3.24 Å². The molecule has 0 atom stereocenters. The van der Waals surface area contributed by atoms with Crippen molar-refractivity contribution in [2.75, 3.05) is 4.90 Å². The number of hydrogen-bond donors (Lipinski definition) is 0. The molecule has 0 N–H and O–H groups in total. The average Bonchev–Trinajstić information content (AvgIpc) is 2.64. The number of benzene rings is 4. The summed E-state index contributed by atoms with van der Waals surface area (Å²) in [6.07, 6.45) is 0. The second-order valence-electron chi connectivity index (χ2n) is 6.54. The van der Waals surface area contributed by atoms with E-state index >= 15 is 0 Å². The average molecular weight is 323 g/mol. The number of rotatable bonds is 3. The summed E-state index contributed by atoms with van der Waals surface area (Å²) in [7, 11) is 0. The molecule has 0 spiro atoms. The highest BCUT2D eigenvalue weighted by Gasteiger charge is 2.12. The molecule has 0 radical (unpaired) electrons. The van der Waals surface area contributed by atoms with Crippen LogP contribution in [-0.2, 0) is 0 Å². The van der Waals surface area contributed by atoms with Crippen LogP contribution in [0, 0.1) is 13.8 Å². The number of anilines is 3. The van der Waals surface area contributed by atoms with Crippen LogP contribution >= 0.6 is 0 Å². The number of nitrogens with zero attached hydrogens (tertiary/aromatic N) is 1. The van der Waals surface area contributed by atoms with Crippen LogP contribution in [0.15, 0.2) is 91.0 Å². The van der Waals surface area contributed by atoms with Crippen molar-refractivity contribution in [3.05, 3.63) is 102 Å². The zero-order chi connectivity index (χ0) is 17.2. The highest BCUT2D eigenvalue weighted by Crippen LogP contribution is 2.36. The maximum Gasteiger partial charge on any atom is 0.0468 e. The first-order valence-electron chi connectivity index (χ1n) is 8.63. The van der Waals surface area contributed by atoms with Crippen molar-refractivity contribution in [1.29, 1.82) is 0 Å². The van der Waals surface area contributed by atoms with Crippen LogP contribution in [0.25, 0.3) is 10.8 Å². The van der Waals surface area contributed by atoms with E-state index in [0.29, 0.717) is 0 Å². The van der Waals surface area contributed by atoms with Crippen molar-refractivity contribution in [1.82, 2.24) is 0 Å². The first kappa shape index (κ1) is 15.5. The van der Waals surface area contributed by atoms with Crippen molar-refractivity contribution in [3.63, 3.8) is 0 Å². The Morgan fingerprint density at radius 1 is 0.480 bits per heavy atom. The van der Waals surface area contributed by atoms with E-state index in [2.05, 4.69) is 110 Å². The lowest BCUT2D eigenvalue weighted by atomic mass is 10.1. The van der Waals surface area contributed by atoms with E-state index in [0.717, 1.165) is 0 Å². The number of aryl methyl sites for hydroxylation is 2. The Morgan fingerprint density at radius 3 is 1.92 bits per heavy atom. The van der Waals surface area contributed by atoms with E-state index in [4.69, 9.17) is 0 Å². The maximum absolute atomic E-state index is 2.32. The van der Waals surface area contributed by atoms with Gasteiger partial charge in [-0.25, -0.2) is 0 Å². The zero-order valence-corrected chi connectivity index (χ0v) is 14.6. The third-order valence-electron chi connectivity index (χ3n) is 4.54. The Balaban J connectivity index is 1.90. The summed E-state index contributed by atoms with van der Waals surface area (Å²) in [5, 5.41) is 2.52. The molecule has 0 fully saturated rings. The first-order chi connectivity index (χ1) is 12.2. The van der Waals surface area contributed by atoms with E-state index in [1.54, 1.807) is 0 Å². The van der Waals surface area contributed by atoms with Gasteiger partial charge in [0, 0.05) is 17.1 Å². The summed E-state index contributed by atoms with van der Waals surface area (Å²) in [5.41, 5.74) is 6.06. The Kier molecular flexibility index (Phi) is 3.99. The second kappa shape index (κ2) is 6.45. The molecule has 0 aliphatic rings. The molecule has 4 aromatic carbocycles. The van der Waals surface area contributed by atoms with Gasteiger partial charge < -0.3 is 4.90 Å². The van der Waals surface area contributed by atoms with Gasteiger partial charge in [-0.1, -0.05) is 60.2 Å². The predicted molar refractivity (Wildman–Crippen MR) is 108 cm³/mol. The van der Waals surface area contributed by atoms with Gasteiger partial charge in [0.05, 0.1) is 0 Å². The lowest BCUT2D eigenvalue weighted by Gasteiger charge is -2.26. The monoisotopic (exact) mass is 323 g/mol. The van der Waals surface area contributed by atoms with Gasteiger partial charge in [-0.15, -0.1) is 0 Å². The van der Waals surface area contributed by atoms with Crippen LogP contribution in [0.5, 0.6) is 0 Å². The lowest BCUT2D eigenvalue weighted by Crippen LogP contribution is -2.10. The summed E-state index contributed by atoms with van der Waals surface area (Å²) in [4.78, 5) is 2.32. The van der Waals surface area contributed by atoms with Crippen LogP contribution in [0.4, 0.5) is 17.1 Å². The summed E-state index contributed by atoms with van der Waals surface area (Å²) < 4.78 is 0. The fourth-order valence-corrected chi connectivity index (χ4v) is 3.22. The van der Waals surface area contributed by atoms with E-state index in [1.807, 2.05) is 0 Å². The van der Waals surface area contributed by atoms with Gasteiger partial charge >= 0.3 is 0 Å². The van der Waals surface area contributed by atoms with Crippen LogP contribution in [0.1, 0.15) is 11.1 Å². The van der Waals surface area contributed by atoms with Gasteiger partial charge in [-0.2, -0.15) is 0 Å². The molecule has 0 aromatic heterocycles. The molecule has 0 saturated carbocycles. The van der Waals surface area contributed by atoms with Crippen LogP contribution in [-0.4, -0.2) is 0 Å². The van der Waals surface area contributed by atoms with Gasteiger partial charge in [0.2, 0.25) is 0 Å². The Hall–Kier alpha value is -3.06. The fraction of sp³-hybridized carbons (Fsp3) is 0.0833. The quantitative estimate of drug-likeness (QED) is 0.395. The Labute approximate surface area is 149 Å². The molecule has 1 heteroatoms. The fourth-order valence-electron chi connectivity index (χ4n) is 3.22. The Morgan fingerprint density at radius 2 is 1.16 bits per heavy atom. The standard InChI is InChI=1S/C24H21N/c1-18-10-13-22(14-11-18)25(23-9-5-6-19(2)16-23)24-15-12-20-7-3-4-8-21(20)17-24/h3-17H,1-2H3. The van der Waals surface area contributed by atoms with Crippen molar-refractivity contribution in [3.8, 4) is 0 Å². The highest BCUT2D eigenvalue weighted by molar-refractivity contribution is 5.89. The molecule has 0 saturated heterocycles. The zero-order valence-electron chi connectivity index (χ0n) is 14.6. The molecular weight excluding hydrogens is 302 g/mol. The van der Waals surface area contributed by atoms with Gasteiger partial charge in [0.15, 0.2) is 0 Å². The molecule has 122 valence electrons. The van der Waals surface area contributed by atoms with Crippen LogP contribution < -0.4 is 4.90 Å². The summed E-state index contributed by atoms with van der Waals surface area (Å²) in [6, 6.07) is 32.5. The van der Waals surface area contributed by atoms with Gasteiger partial charge in [0.25, 0.3) is 0 Å². The normalized spacial score (nSPS) is 10.8. The minimum atomic E-state index is 1.17. The predicted octanol–water partition coefficient (Wildman–Crippen LogP) is 6.93. The molecule has 0 bridgehead atoms. The lowest BCUT2D eigenvalue weighted by molar-refractivity contribution is 1.27. The van der Waals surface area contributed by atoms with Gasteiger partial charge in [-0.3, -0.25) is 0 Å². The van der Waals surface area contributed by atoms with Crippen molar-refractivity contribution in [2.45, 2.75) is 13.8 Å². The summed E-state index contributed by atoms with van der Waals surface area (Å²) in [5.74, 6) is 0. The smallest absolute Gasteiger partial charge is 0.0468 e. The van der Waals surface area contributed by atoms with Gasteiger partial charge in [-0.05, 0) is 66.6 Å². The SMILES string of the molecule is Cc1ccc(N(c2cccc(C)c2)c2ccc3ccccc3c2)cc1. The van der Waals surface area contributed by atoms with E-state index in [9.17, 15) is 0 Å². The van der Waals surface area contributed by atoms with Crippen molar-refractivity contribution in [2.24, 2.45) is 0 Å². The molecular formula is C24H21N. The Bertz CT molecular complexity index is 1020. The third kappa shape index (κ3) is 3.14. The van der Waals surface area contributed by atoms with Crippen LogP contribution in [0.3, 0.4) is 0 Å². The van der Waals surface area contributed by atoms with E-state index in [1.165, 1.54) is 39.0 Å². The molecule has 0 amide bonds. The van der Waals surface area contributed by atoms with Crippen molar-refractivity contribution >= 4 is 27.8 Å². The molecule has 25 heavy (non-hydrogen) atoms. The molecule has 0 aliphatic carbocycles. The third-order valence-corrected chi connectivity index (χ3v) is 4.54.